The Morgan fingerprint density at radius 1 is 1.42 bits per heavy atom. The van der Waals surface area contributed by atoms with Crippen molar-refractivity contribution in [3.05, 3.63) is 15.8 Å². The van der Waals surface area contributed by atoms with E-state index in [1.807, 2.05) is 45.6 Å². The summed E-state index contributed by atoms with van der Waals surface area (Å²) in [6.45, 7) is 10.9. The van der Waals surface area contributed by atoms with Gasteiger partial charge in [0.1, 0.15) is 10.9 Å². The highest BCUT2D eigenvalue weighted by atomic mass is 32.1. The SMILES string of the molecule is COC(=O)c1sc(C#CC(C)(C)C)cc1N[C@H]1CCCN(C(C)C)C1=O. The molecule has 1 aliphatic rings. The monoisotopic (exact) mass is 376 g/mol. The Bertz CT molecular complexity index is 734. The molecule has 6 heteroatoms. The zero-order chi connectivity index (χ0) is 19.5. The van der Waals surface area contributed by atoms with E-state index in [9.17, 15) is 9.59 Å². The van der Waals surface area contributed by atoms with Crippen molar-refractivity contribution in [2.75, 3.05) is 19.0 Å². The van der Waals surface area contributed by atoms with Crippen molar-refractivity contribution in [3.63, 3.8) is 0 Å². The van der Waals surface area contributed by atoms with Gasteiger partial charge < -0.3 is 15.0 Å². The second-order valence-electron chi connectivity index (χ2n) is 7.81. The topological polar surface area (TPSA) is 58.6 Å². The number of anilines is 1. The van der Waals surface area contributed by atoms with Gasteiger partial charge >= 0.3 is 5.97 Å². The maximum Gasteiger partial charge on any atom is 0.350 e. The number of esters is 1. The Labute approximate surface area is 160 Å². The van der Waals surface area contributed by atoms with Crippen LogP contribution < -0.4 is 5.32 Å². The first kappa shape index (κ1) is 20.3. The Morgan fingerprint density at radius 3 is 2.69 bits per heavy atom. The van der Waals surface area contributed by atoms with Gasteiger partial charge in [-0.05, 0) is 53.5 Å². The maximum atomic E-state index is 12.7. The molecule has 1 amide bonds. The van der Waals surface area contributed by atoms with Crippen LogP contribution in [0.3, 0.4) is 0 Å². The van der Waals surface area contributed by atoms with E-state index < -0.39 is 5.97 Å². The number of nitrogens with one attached hydrogen (secondary N) is 1. The summed E-state index contributed by atoms with van der Waals surface area (Å²) in [6.07, 6.45) is 1.69. The lowest BCUT2D eigenvalue weighted by Crippen LogP contribution is -2.50. The summed E-state index contributed by atoms with van der Waals surface area (Å²) in [6, 6.07) is 1.69. The van der Waals surface area contributed by atoms with E-state index in [0.717, 1.165) is 24.3 Å². The smallest absolute Gasteiger partial charge is 0.350 e. The van der Waals surface area contributed by atoms with Gasteiger partial charge in [0.05, 0.1) is 17.7 Å². The zero-order valence-electron chi connectivity index (χ0n) is 16.4. The van der Waals surface area contributed by atoms with Crippen LogP contribution in [0.15, 0.2) is 6.07 Å². The molecule has 1 atom stereocenters. The van der Waals surface area contributed by atoms with Crippen molar-refractivity contribution in [1.29, 1.82) is 0 Å². The third-order valence-electron chi connectivity index (χ3n) is 4.09. The van der Waals surface area contributed by atoms with Crippen molar-refractivity contribution < 1.29 is 14.3 Å². The Kier molecular flexibility index (Phi) is 6.35. The van der Waals surface area contributed by atoms with E-state index in [-0.39, 0.29) is 23.4 Å². The number of ether oxygens (including phenoxy) is 1. The molecule has 1 N–H and O–H groups in total. The minimum absolute atomic E-state index is 0.0793. The fraction of sp³-hybridized carbons (Fsp3) is 0.600. The third kappa shape index (κ3) is 5.01. The standard InChI is InChI=1S/C20H28N2O3S/c1-13(2)22-11-7-8-15(18(22)23)21-16-12-14(9-10-20(3,4)5)26-17(16)19(24)25-6/h12-13,15,21H,7-8,11H2,1-6H3/t15-/m0/s1. The summed E-state index contributed by atoms with van der Waals surface area (Å²) < 4.78 is 4.90. The number of hydrogen-bond donors (Lipinski definition) is 1. The first-order valence-electron chi connectivity index (χ1n) is 8.94. The predicted octanol–water partition coefficient (Wildman–Crippen LogP) is 3.74. The zero-order valence-corrected chi connectivity index (χ0v) is 17.3. The van der Waals surface area contributed by atoms with Gasteiger partial charge in [0, 0.05) is 18.0 Å². The second kappa shape index (κ2) is 8.13. The van der Waals surface area contributed by atoms with Crippen LogP contribution in [0, 0.1) is 17.3 Å². The highest BCUT2D eigenvalue weighted by molar-refractivity contribution is 7.15. The summed E-state index contributed by atoms with van der Waals surface area (Å²) in [4.78, 5) is 28.0. The van der Waals surface area contributed by atoms with E-state index in [1.54, 1.807) is 0 Å². The average Bonchev–Trinajstić information content (AvgIpc) is 2.96. The molecule has 26 heavy (non-hydrogen) atoms. The number of hydrogen-bond acceptors (Lipinski definition) is 5. The Hall–Kier alpha value is -2.00. The van der Waals surface area contributed by atoms with Crippen molar-refractivity contribution >= 4 is 28.9 Å². The summed E-state index contributed by atoms with van der Waals surface area (Å²) in [7, 11) is 1.36. The van der Waals surface area contributed by atoms with Crippen molar-refractivity contribution in [3.8, 4) is 11.8 Å². The van der Waals surface area contributed by atoms with Crippen LogP contribution in [0.1, 0.15) is 62.0 Å². The van der Waals surface area contributed by atoms with Gasteiger partial charge in [0.15, 0.2) is 0 Å². The number of methoxy groups -OCH3 is 1. The Balaban J connectivity index is 2.29. The number of carbonyl (C=O) groups is 2. The molecule has 0 aromatic carbocycles. The van der Waals surface area contributed by atoms with E-state index in [4.69, 9.17) is 4.74 Å². The number of piperidine rings is 1. The molecule has 1 fully saturated rings. The number of carbonyl (C=O) groups excluding carboxylic acids is 2. The predicted molar refractivity (Wildman–Crippen MR) is 105 cm³/mol. The molecule has 0 saturated carbocycles. The highest BCUT2D eigenvalue weighted by Gasteiger charge is 2.31. The van der Waals surface area contributed by atoms with Crippen molar-refractivity contribution in [1.82, 2.24) is 4.90 Å². The van der Waals surface area contributed by atoms with E-state index in [0.29, 0.717) is 10.6 Å². The van der Waals surface area contributed by atoms with Crippen LogP contribution in [0.4, 0.5) is 5.69 Å². The third-order valence-corrected chi connectivity index (χ3v) is 5.12. The van der Waals surface area contributed by atoms with Gasteiger partial charge in [0.2, 0.25) is 5.91 Å². The lowest BCUT2D eigenvalue weighted by atomic mass is 9.98. The highest BCUT2D eigenvalue weighted by Crippen LogP contribution is 2.30. The van der Waals surface area contributed by atoms with Gasteiger partial charge in [-0.1, -0.05) is 11.8 Å². The minimum atomic E-state index is -0.412. The molecule has 0 unspecified atom stereocenters. The van der Waals surface area contributed by atoms with Crippen LogP contribution in [0.2, 0.25) is 0 Å². The lowest BCUT2D eigenvalue weighted by Gasteiger charge is -2.35. The molecule has 1 aromatic rings. The summed E-state index contributed by atoms with van der Waals surface area (Å²) >= 11 is 1.29. The average molecular weight is 377 g/mol. The van der Waals surface area contributed by atoms with Gasteiger partial charge in [0.25, 0.3) is 0 Å². The first-order chi connectivity index (χ1) is 12.1. The molecule has 0 spiro atoms. The van der Waals surface area contributed by atoms with Crippen LogP contribution in [0.5, 0.6) is 0 Å². The van der Waals surface area contributed by atoms with E-state index in [2.05, 4.69) is 17.2 Å². The van der Waals surface area contributed by atoms with Crippen molar-refractivity contribution in [2.24, 2.45) is 5.41 Å². The van der Waals surface area contributed by atoms with Gasteiger partial charge in [-0.3, -0.25) is 4.79 Å². The molecular weight excluding hydrogens is 348 g/mol. The number of likely N-dealkylation sites (tertiary alicyclic amines) is 1. The quantitative estimate of drug-likeness (QED) is 0.642. The summed E-state index contributed by atoms with van der Waals surface area (Å²) in [5.74, 6) is 5.97. The fourth-order valence-corrected chi connectivity index (χ4v) is 3.68. The van der Waals surface area contributed by atoms with Gasteiger partial charge in [-0.25, -0.2) is 4.79 Å². The second-order valence-corrected chi connectivity index (χ2v) is 8.86. The lowest BCUT2D eigenvalue weighted by molar-refractivity contribution is -0.136. The molecule has 5 nitrogen and oxygen atoms in total. The number of rotatable bonds is 4. The largest absolute Gasteiger partial charge is 0.465 e. The van der Waals surface area contributed by atoms with Gasteiger partial charge in [-0.2, -0.15) is 0 Å². The van der Waals surface area contributed by atoms with Crippen LogP contribution in [-0.4, -0.2) is 42.5 Å². The van der Waals surface area contributed by atoms with Crippen molar-refractivity contribution in [2.45, 2.75) is 59.5 Å². The molecule has 2 heterocycles. The summed E-state index contributed by atoms with van der Waals surface area (Å²) in [5, 5.41) is 3.27. The molecule has 1 aromatic heterocycles. The van der Waals surface area contributed by atoms with Gasteiger partial charge in [-0.15, -0.1) is 11.3 Å². The van der Waals surface area contributed by atoms with E-state index >= 15 is 0 Å². The van der Waals surface area contributed by atoms with Crippen LogP contribution in [0.25, 0.3) is 0 Å². The summed E-state index contributed by atoms with van der Waals surface area (Å²) in [5.41, 5.74) is 0.504. The Morgan fingerprint density at radius 2 is 2.12 bits per heavy atom. The molecule has 1 saturated heterocycles. The molecule has 1 aliphatic heterocycles. The first-order valence-corrected chi connectivity index (χ1v) is 9.76. The minimum Gasteiger partial charge on any atom is -0.465 e. The normalized spacial score (nSPS) is 17.7. The fourth-order valence-electron chi connectivity index (χ4n) is 2.79. The van der Waals surface area contributed by atoms with Crippen LogP contribution in [-0.2, 0) is 9.53 Å². The molecule has 0 radical (unpaired) electrons. The molecular formula is C20H28N2O3S. The van der Waals surface area contributed by atoms with E-state index in [1.165, 1.54) is 18.4 Å². The number of nitrogens with zero attached hydrogens (tertiary/aromatic N) is 1. The number of thiophene rings is 1. The molecule has 2 rings (SSSR count). The maximum absolute atomic E-state index is 12.7. The molecule has 0 bridgehead atoms. The molecule has 0 aliphatic carbocycles. The van der Waals surface area contributed by atoms with Crippen LogP contribution >= 0.6 is 11.3 Å². The number of amides is 1. The molecule has 142 valence electrons.